The number of nitrogens with one attached hydrogen (secondary N) is 1. The number of hydrogen-bond acceptors (Lipinski definition) is 4. The number of ether oxygens (including phenoxy) is 1. The maximum Gasteiger partial charge on any atom is 0.314 e. The first-order chi connectivity index (χ1) is 11.9. The lowest BCUT2D eigenvalue weighted by Crippen LogP contribution is -2.47. The first kappa shape index (κ1) is 19.3. The van der Waals surface area contributed by atoms with Crippen molar-refractivity contribution in [3.8, 4) is 6.07 Å². The third-order valence-electron chi connectivity index (χ3n) is 4.55. The van der Waals surface area contributed by atoms with Crippen molar-refractivity contribution in [2.45, 2.75) is 51.0 Å². The van der Waals surface area contributed by atoms with Gasteiger partial charge in [0.05, 0.1) is 12.0 Å². The first-order valence-electron chi connectivity index (χ1n) is 8.51. The van der Waals surface area contributed by atoms with E-state index in [1.54, 1.807) is 24.3 Å². The lowest BCUT2D eigenvalue weighted by atomic mass is 9.88. The van der Waals surface area contributed by atoms with Crippen molar-refractivity contribution >= 4 is 23.5 Å². The molecule has 0 saturated heterocycles. The van der Waals surface area contributed by atoms with Gasteiger partial charge >= 0.3 is 5.97 Å². The molecule has 0 radical (unpaired) electrons. The zero-order chi connectivity index (χ0) is 18.4. The molecule has 0 heterocycles. The summed E-state index contributed by atoms with van der Waals surface area (Å²) in [6, 6.07) is 9.21. The second-order valence-corrected chi connectivity index (χ2v) is 7.27. The number of hydrogen-bond donors (Lipinski definition) is 1. The zero-order valence-corrected chi connectivity index (χ0v) is 15.3. The fourth-order valence-corrected chi connectivity index (χ4v) is 3.36. The molecule has 5 nitrogen and oxygen atoms in total. The van der Waals surface area contributed by atoms with E-state index in [0.29, 0.717) is 17.9 Å². The monoisotopic (exact) mass is 362 g/mol. The second kappa shape index (κ2) is 8.35. The Kier molecular flexibility index (Phi) is 6.44. The van der Waals surface area contributed by atoms with E-state index in [1.165, 1.54) is 0 Å². The summed E-state index contributed by atoms with van der Waals surface area (Å²) in [5.41, 5.74) is -0.00832. The molecule has 1 aromatic carbocycles. The van der Waals surface area contributed by atoms with Gasteiger partial charge in [-0.25, -0.2) is 0 Å². The van der Waals surface area contributed by atoms with Gasteiger partial charge in [0.25, 0.3) is 5.91 Å². The fraction of sp³-hybridized carbons (Fsp3) is 0.526. The minimum atomic E-state index is -0.808. The van der Waals surface area contributed by atoms with E-state index < -0.39 is 23.3 Å². The Hall–Kier alpha value is -2.06. The van der Waals surface area contributed by atoms with Crippen LogP contribution in [-0.4, -0.2) is 24.0 Å². The average molecular weight is 363 g/mol. The molecule has 0 aliphatic heterocycles. The number of carbonyl (C=O) groups is 2. The van der Waals surface area contributed by atoms with Gasteiger partial charge in [-0.05, 0) is 49.3 Å². The SMILES string of the molecule is CC(C)C(C(=O)OCC(=O)NC1(C#N)CCCC1)c1ccc(Cl)cc1. The van der Waals surface area contributed by atoms with Gasteiger partial charge in [0.2, 0.25) is 0 Å². The molecule has 1 aliphatic rings. The summed E-state index contributed by atoms with van der Waals surface area (Å²) in [7, 11) is 0. The van der Waals surface area contributed by atoms with Gasteiger partial charge in [0, 0.05) is 5.02 Å². The average Bonchev–Trinajstić information content (AvgIpc) is 3.03. The summed E-state index contributed by atoms with van der Waals surface area (Å²) < 4.78 is 5.22. The molecule has 6 heteroatoms. The van der Waals surface area contributed by atoms with Crippen LogP contribution in [-0.2, 0) is 14.3 Å². The molecule has 0 spiro atoms. The van der Waals surface area contributed by atoms with Crippen LogP contribution in [0.4, 0.5) is 0 Å². The summed E-state index contributed by atoms with van der Waals surface area (Å²) in [6.07, 6.45) is 3.12. The fourth-order valence-electron chi connectivity index (χ4n) is 3.24. The quantitative estimate of drug-likeness (QED) is 0.784. The normalized spacial score (nSPS) is 16.9. The lowest BCUT2D eigenvalue weighted by Gasteiger charge is -2.23. The number of esters is 1. The van der Waals surface area contributed by atoms with Gasteiger partial charge in [-0.1, -0.05) is 37.6 Å². The molecule has 0 bridgehead atoms. The van der Waals surface area contributed by atoms with Gasteiger partial charge in [0.1, 0.15) is 5.54 Å². The number of carbonyl (C=O) groups excluding carboxylic acids is 2. The van der Waals surface area contributed by atoms with Crippen LogP contribution in [0.5, 0.6) is 0 Å². The van der Waals surface area contributed by atoms with E-state index in [9.17, 15) is 14.9 Å². The number of halogens is 1. The number of nitrogens with zero attached hydrogens (tertiary/aromatic N) is 1. The molecule has 2 rings (SSSR count). The van der Waals surface area contributed by atoms with E-state index in [4.69, 9.17) is 16.3 Å². The van der Waals surface area contributed by atoms with Crippen molar-refractivity contribution in [2.75, 3.05) is 6.61 Å². The van der Waals surface area contributed by atoms with Crippen LogP contribution in [0, 0.1) is 17.2 Å². The highest BCUT2D eigenvalue weighted by Gasteiger charge is 2.35. The van der Waals surface area contributed by atoms with Crippen LogP contribution < -0.4 is 5.32 Å². The highest BCUT2D eigenvalue weighted by atomic mass is 35.5. The molecule has 0 aromatic heterocycles. The van der Waals surface area contributed by atoms with Crippen LogP contribution in [0.15, 0.2) is 24.3 Å². The molecule has 1 fully saturated rings. The Morgan fingerprint density at radius 3 is 2.40 bits per heavy atom. The molecule has 1 saturated carbocycles. The van der Waals surface area contributed by atoms with Crippen molar-refractivity contribution < 1.29 is 14.3 Å². The molecule has 1 amide bonds. The van der Waals surface area contributed by atoms with Crippen molar-refractivity contribution in [2.24, 2.45) is 5.92 Å². The predicted molar refractivity (Wildman–Crippen MR) is 94.9 cm³/mol. The molecule has 25 heavy (non-hydrogen) atoms. The van der Waals surface area contributed by atoms with Gasteiger partial charge in [-0.2, -0.15) is 5.26 Å². The third-order valence-corrected chi connectivity index (χ3v) is 4.80. The summed E-state index contributed by atoms with van der Waals surface area (Å²) >= 11 is 5.89. The molecular formula is C19H23ClN2O3. The maximum atomic E-state index is 12.5. The molecule has 1 N–H and O–H groups in total. The van der Waals surface area contributed by atoms with E-state index in [0.717, 1.165) is 18.4 Å². The van der Waals surface area contributed by atoms with Crippen molar-refractivity contribution in [3.05, 3.63) is 34.9 Å². The topological polar surface area (TPSA) is 79.2 Å². The predicted octanol–water partition coefficient (Wildman–Crippen LogP) is 3.58. The Labute approximate surface area is 153 Å². The largest absolute Gasteiger partial charge is 0.455 e. The van der Waals surface area contributed by atoms with Crippen LogP contribution in [0.2, 0.25) is 5.02 Å². The van der Waals surface area contributed by atoms with Crippen LogP contribution in [0.25, 0.3) is 0 Å². The molecule has 1 atom stereocenters. The number of nitriles is 1. The van der Waals surface area contributed by atoms with E-state index in [1.807, 2.05) is 13.8 Å². The minimum Gasteiger partial charge on any atom is -0.455 e. The van der Waals surface area contributed by atoms with E-state index >= 15 is 0 Å². The summed E-state index contributed by atoms with van der Waals surface area (Å²) in [5, 5.41) is 12.6. The first-order valence-corrected chi connectivity index (χ1v) is 8.89. The Morgan fingerprint density at radius 2 is 1.88 bits per heavy atom. The number of rotatable bonds is 6. The van der Waals surface area contributed by atoms with Gasteiger partial charge in [-0.3, -0.25) is 9.59 Å². The minimum absolute atomic E-state index is 0.0111. The molecular weight excluding hydrogens is 340 g/mol. The summed E-state index contributed by atoms with van der Waals surface area (Å²) in [4.78, 5) is 24.5. The Morgan fingerprint density at radius 1 is 1.28 bits per heavy atom. The molecule has 1 unspecified atom stereocenters. The summed E-state index contributed by atoms with van der Waals surface area (Å²) in [5.74, 6) is -1.35. The third kappa shape index (κ3) is 4.96. The Bertz CT molecular complexity index is 658. The van der Waals surface area contributed by atoms with Gasteiger partial charge in [0.15, 0.2) is 6.61 Å². The van der Waals surface area contributed by atoms with Gasteiger partial charge < -0.3 is 10.1 Å². The van der Waals surface area contributed by atoms with Crippen LogP contribution in [0.1, 0.15) is 51.0 Å². The van der Waals surface area contributed by atoms with E-state index in [-0.39, 0.29) is 12.5 Å². The van der Waals surface area contributed by atoms with Crippen molar-refractivity contribution in [1.29, 1.82) is 5.26 Å². The second-order valence-electron chi connectivity index (χ2n) is 6.83. The number of amides is 1. The summed E-state index contributed by atoms with van der Waals surface area (Å²) in [6.45, 7) is 3.46. The smallest absolute Gasteiger partial charge is 0.314 e. The maximum absolute atomic E-state index is 12.5. The molecule has 1 aliphatic carbocycles. The van der Waals surface area contributed by atoms with Crippen molar-refractivity contribution in [3.63, 3.8) is 0 Å². The van der Waals surface area contributed by atoms with Gasteiger partial charge in [-0.15, -0.1) is 0 Å². The lowest BCUT2D eigenvalue weighted by molar-refractivity contribution is -0.151. The Balaban J connectivity index is 1.96. The molecule has 134 valence electrons. The van der Waals surface area contributed by atoms with Crippen molar-refractivity contribution in [1.82, 2.24) is 5.32 Å². The van der Waals surface area contributed by atoms with E-state index in [2.05, 4.69) is 11.4 Å². The van der Waals surface area contributed by atoms with Crippen LogP contribution in [0.3, 0.4) is 0 Å². The number of benzene rings is 1. The van der Waals surface area contributed by atoms with Crippen LogP contribution >= 0.6 is 11.6 Å². The highest BCUT2D eigenvalue weighted by molar-refractivity contribution is 6.30. The zero-order valence-electron chi connectivity index (χ0n) is 14.5. The molecule has 1 aromatic rings. The standard InChI is InChI=1S/C19H23ClN2O3/c1-13(2)17(14-5-7-15(20)8-6-14)18(24)25-11-16(23)22-19(12-21)9-3-4-10-19/h5-8,13,17H,3-4,9-11H2,1-2H3,(H,22,23). The highest BCUT2D eigenvalue weighted by Crippen LogP contribution is 2.29.